The molecule has 0 unspecified atom stereocenters. The van der Waals surface area contributed by atoms with Crippen molar-refractivity contribution in [1.82, 2.24) is 4.98 Å². The van der Waals surface area contributed by atoms with E-state index in [1.807, 2.05) is 0 Å². The third kappa shape index (κ3) is 2.34. The van der Waals surface area contributed by atoms with Crippen molar-refractivity contribution in [3.63, 3.8) is 0 Å². The lowest BCUT2D eigenvalue weighted by atomic mass is 10.2. The number of nitrogens with zero attached hydrogens (tertiary/aromatic N) is 1. The van der Waals surface area contributed by atoms with Gasteiger partial charge in [-0.2, -0.15) is 0 Å². The van der Waals surface area contributed by atoms with Crippen LogP contribution in [0.5, 0.6) is 0 Å². The summed E-state index contributed by atoms with van der Waals surface area (Å²) in [5.74, 6) is -1.23. The van der Waals surface area contributed by atoms with E-state index in [0.29, 0.717) is 0 Å². The number of aromatic nitrogens is 1. The van der Waals surface area contributed by atoms with E-state index < -0.39 is 17.8 Å². The number of hydrogen-bond acceptors (Lipinski definition) is 1. The van der Waals surface area contributed by atoms with Crippen molar-refractivity contribution in [2.75, 3.05) is 0 Å². The van der Waals surface area contributed by atoms with Gasteiger partial charge in [0.1, 0.15) is 10.4 Å². The van der Waals surface area contributed by atoms with E-state index in [2.05, 4.69) is 20.9 Å². The molecular formula is C7H4BrClF3N. The van der Waals surface area contributed by atoms with Crippen LogP contribution < -0.4 is 0 Å². The molecule has 0 bridgehead atoms. The summed E-state index contributed by atoms with van der Waals surface area (Å²) < 4.78 is 37.6. The van der Waals surface area contributed by atoms with Crippen LogP contribution in [0.4, 0.5) is 13.2 Å². The fourth-order valence-electron chi connectivity index (χ4n) is 0.874. The molecule has 13 heavy (non-hydrogen) atoms. The Morgan fingerprint density at radius 2 is 2.15 bits per heavy atom. The van der Waals surface area contributed by atoms with Gasteiger partial charge in [-0.1, -0.05) is 0 Å². The molecule has 0 amide bonds. The standard InChI is InChI=1S/C7H4BrClF3N/c8-5-1-3(10)6(7(11)12)4(2-9)13-5/h1,7H,2H2. The molecule has 0 aliphatic heterocycles. The maximum absolute atomic E-state index is 12.9. The van der Waals surface area contributed by atoms with E-state index in [0.717, 1.165) is 6.07 Å². The first-order valence-corrected chi connectivity index (χ1v) is 4.58. The lowest BCUT2D eigenvalue weighted by Gasteiger charge is -2.06. The van der Waals surface area contributed by atoms with E-state index in [1.54, 1.807) is 0 Å². The topological polar surface area (TPSA) is 12.9 Å². The largest absolute Gasteiger partial charge is 0.268 e. The summed E-state index contributed by atoms with van der Waals surface area (Å²) in [6, 6.07) is 0.886. The molecule has 0 N–H and O–H groups in total. The molecule has 1 aromatic rings. The number of alkyl halides is 3. The van der Waals surface area contributed by atoms with Gasteiger partial charge in [-0.25, -0.2) is 18.2 Å². The number of halogens is 5. The Kier molecular flexibility index (Phi) is 3.55. The predicted molar refractivity (Wildman–Crippen MR) is 46.4 cm³/mol. The van der Waals surface area contributed by atoms with Crippen molar-refractivity contribution >= 4 is 27.5 Å². The van der Waals surface area contributed by atoms with E-state index >= 15 is 0 Å². The van der Waals surface area contributed by atoms with Gasteiger partial charge >= 0.3 is 0 Å². The predicted octanol–water partition coefficient (Wildman–Crippen LogP) is 3.66. The molecule has 0 aliphatic carbocycles. The van der Waals surface area contributed by atoms with E-state index in [9.17, 15) is 13.2 Å². The highest BCUT2D eigenvalue weighted by Crippen LogP contribution is 2.27. The zero-order chi connectivity index (χ0) is 10.0. The van der Waals surface area contributed by atoms with Crippen molar-refractivity contribution in [2.45, 2.75) is 12.3 Å². The van der Waals surface area contributed by atoms with Crippen LogP contribution in [0.25, 0.3) is 0 Å². The van der Waals surface area contributed by atoms with Gasteiger partial charge < -0.3 is 0 Å². The van der Waals surface area contributed by atoms with Gasteiger partial charge in [0, 0.05) is 6.07 Å². The van der Waals surface area contributed by atoms with Crippen LogP contribution >= 0.6 is 27.5 Å². The van der Waals surface area contributed by atoms with Crippen LogP contribution in [0.3, 0.4) is 0 Å². The molecule has 1 aromatic heterocycles. The maximum atomic E-state index is 12.9. The summed E-state index contributed by atoms with van der Waals surface area (Å²) >= 11 is 8.22. The number of pyridine rings is 1. The minimum atomic E-state index is -2.89. The molecule has 0 aliphatic rings. The van der Waals surface area contributed by atoms with Crippen LogP contribution in [0.1, 0.15) is 17.7 Å². The van der Waals surface area contributed by atoms with Crippen molar-refractivity contribution < 1.29 is 13.2 Å². The second kappa shape index (κ2) is 4.28. The SMILES string of the molecule is Fc1cc(Br)nc(CCl)c1C(F)F. The van der Waals surface area contributed by atoms with Gasteiger partial charge in [0.2, 0.25) is 0 Å². The summed E-state index contributed by atoms with van der Waals surface area (Å²) in [4.78, 5) is 3.64. The molecule has 0 atom stereocenters. The fourth-order valence-corrected chi connectivity index (χ4v) is 1.49. The van der Waals surface area contributed by atoms with Gasteiger partial charge in [0.15, 0.2) is 0 Å². The van der Waals surface area contributed by atoms with Gasteiger partial charge in [-0.05, 0) is 15.9 Å². The highest BCUT2D eigenvalue weighted by Gasteiger charge is 2.19. The average molecular weight is 274 g/mol. The Balaban J connectivity index is 3.30. The summed E-state index contributed by atoms with van der Waals surface area (Å²) in [6.45, 7) is 0. The Morgan fingerprint density at radius 3 is 2.62 bits per heavy atom. The van der Waals surface area contributed by atoms with Gasteiger partial charge in [0.25, 0.3) is 6.43 Å². The third-order valence-corrected chi connectivity index (χ3v) is 2.06. The molecule has 6 heteroatoms. The molecule has 0 spiro atoms. The quantitative estimate of drug-likeness (QED) is 0.592. The minimum absolute atomic E-state index is 0.136. The molecule has 72 valence electrons. The molecule has 0 aromatic carbocycles. The highest BCUT2D eigenvalue weighted by molar-refractivity contribution is 9.10. The molecule has 1 rings (SSSR count). The molecule has 1 heterocycles. The summed E-state index contributed by atoms with van der Waals surface area (Å²) in [7, 11) is 0. The molecular weight excluding hydrogens is 270 g/mol. The maximum Gasteiger partial charge on any atom is 0.268 e. The molecule has 0 saturated carbocycles. The first-order chi connectivity index (χ1) is 6.06. The van der Waals surface area contributed by atoms with E-state index in [1.165, 1.54) is 0 Å². The van der Waals surface area contributed by atoms with Crippen molar-refractivity contribution in [3.8, 4) is 0 Å². The lowest BCUT2D eigenvalue weighted by Crippen LogP contribution is -2.00. The molecule has 0 fully saturated rings. The molecule has 0 radical (unpaired) electrons. The Bertz CT molecular complexity index is 319. The summed E-state index contributed by atoms with van der Waals surface area (Å²) in [5, 5.41) is 0. The lowest BCUT2D eigenvalue weighted by molar-refractivity contribution is 0.144. The smallest absolute Gasteiger partial charge is 0.244 e. The zero-order valence-corrected chi connectivity index (χ0v) is 8.54. The van der Waals surface area contributed by atoms with E-state index in [4.69, 9.17) is 11.6 Å². The van der Waals surface area contributed by atoms with Crippen LogP contribution in [0.2, 0.25) is 0 Å². The highest BCUT2D eigenvalue weighted by atomic mass is 79.9. The first-order valence-electron chi connectivity index (χ1n) is 3.25. The van der Waals surface area contributed by atoms with Crippen molar-refractivity contribution in [3.05, 3.63) is 27.7 Å². The Morgan fingerprint density at radius 1 is 1.54 bits per heavy atom. The van der Waals surface area contributed by atoms with Gasteiger partial charge in [0.05, 0.1) is 17.1 Å². The van der Waals surface area contributed by atoms with Crippen LogP contribution in [-0.4, -0.2) is 4.98 Å². The minimum Gasteiger partial charge on any atom is -0.244 e. The first kappa shape index (κ1) is 10.8. The van der Waals surface area contributed by atoms with Gasteiger partial charge in [-0.15, -0.1) is 11.6 Å². The molecule has 0 saturated heterocycles. The summed E-state index contributed by atoms with van der Waals surface area (Å²) in [5.41, 5.74) is -0.859. The second-order valence-electron chi connectivity index (χ2n) is 2.22. The number of rotatable bonds is 2. The average Bonchev–Trinajstić information content (AvgIpc) is 2.01. The molecule has 1 nitrogen and oxygen atoms in total. The van der Waals surface area contributed by atoms with Crippen molar-refractivity contribution in [1.29, 1.82) is 0 Å². The van der Waals surface area contributed by atoms with Crippen LogP contribution in [-0.2, 0) is 5.88 Å². The summed E-state index contributed by atoms with van der Waals surface area (Å²) in [6.07, 6.45) is -2.89. The Labute approximate surface area is 86.0 Å². The normalized spacial score (nSPS) is 10.9. The van der Waals surface area contributed by atoms with Crippen LogP contribution in [0.15, 0.2) is 10.7 Å². The fraction of sp³-hybridized carbons (Fsp3) is 0.286. The number of hydrogen-bond donors (Lipinski definition) is 0. The zero-order valence-electron chi connectivity index (χ0n) is 6.20. The van der Waals surface area contributed by atoms with Crippen LogP contribution in [0, 0.1) is 5.82 Å². The third-order valence-electron chi connectivity index (χ3n) is 1.40. The van der Waals surface area contributed by atoms with Gasteiger partial charge in [-0.3, -0.25) is 0 Å². The van der Waals surface area contributed by atoms with Crippen molar-refractivity contribution in [2.24, 2.45) is 0 Å². The second-order valence-corrected chi connectivity index (χ2v) is 3.30. The monoisotopic (exact) mass is 273 g/mol. The Hall–Kier alpha value is -0.290. The van der Waals surface area contributed by atoms with E-state index in [-0.39, 0.29) is 16.2 Å².